The molecule has 2 aliphatic rings. The van der Waals surface area contributed by atoms with Crippen LogP contribution in [0, 0.1) is 0 Å². The van der Waals surface area contributed by atoms with Gasteiger partial charge in [0.05, 0.1) is 10.9 Å². The van der Waals surface area contributed by atoms with Crippen LogP contribution in [0.25, 0.3) is 0 Å². The van der Waals surface area contributed by atoms with Crippen LogP contribution >= 0.6 is 11.8 Å². The lowest BCUT2D eigenvalue weighted by Crippen LogP contribution is -2.46. The second-order valence-corrected chi connectivity index (χ2v) is 6.49. The van der Waals surface area contributed by atoms with E-state index in [1.165, 1.54) is 0 Å². The van der Waals surface area contributed by atoms with Gasteiger partial charge in [0.2, 0.25) is 11.8 Å². The van der Waals surface area contributed by atoms with E-state index in [0.717, 1.165) is 29.8 Å². The van der Waals surface area contributed by atoms with Gasteiger partial charge in [0.25, 0.3) is 0 Å². The first-order valence-corrected chi connectivity index (χ1v) is 7.93. The number of para-hydroxylation sites is 1. The van der Waals surface area contributed by atoms with Gasteiger partial charge in [-0.3, -0.25) is 9.59 Å². The van der Waals surface area contributed by atoms with Crippen LogP contribution < -0.4 is 10.2 Å². The van der Waals surface area contributed by atoms with Gasteiger partial charge in [0, 0.05) is 10.9 Å². The number of thioether (sulfide) groups is 1. The molecule has 1 aliphatic heterocycles. The van der Waals surface area contributed by atoms with Crippen molar-refractivity contribution in [1.82, 2.24) is 5.32 Å². The minimum absolute atomic E-state index is 0.0437. The Labute approximate surface area is 122 Å². The van der Waals surface area contributed by atoms with Crippen LogP contribution in [0.2, 0.25) is 0 Å². The van der Waals surface area contributed by atoms with Crippen molar-refractivity contribution in [3.05, 3.63) is 24.3 Å². The van der Waals surface area contributed by atoms with Crippen LogP contribution in [0.5, 0.6) is 0 Å². The Balaban J connectivity index is 1.82. The van der Waals surface area contributed by atoms with Gasteiger partial charge < -0.3 is 10.2 Å². The second-order valence-electron chi connectivity index (χ2n) is 5.25. The maximum Gasteiger partial charge on any atom is 0.240 e. The second kappa shape index (κ2) is 5.48. The molecule has 1 fully saturated rings. The first-order chi connectivity index (χ1) is 9.69. The summed E-state index contributed by atoms with van der Waals surface area (Å²) in [6, 6.07) is 8.13. The Morgan fingerprint density at radius 2 is 2.15 bits per heavy atom. The summed E-state index contributed by atoms with van der Waals surface area (Å²) in [6.45, 7) is 2.13. The van der Waals surface area contributed by atoms with Gasteiger partial charge in [-0.2, -0.15) is 0 Å². The lowest BCUT2D eigenvalue weighted by Gasteiger charge is -2.32. The third-order valence-electron chi connectivity index (χ3n) is 3.58. The summed E-state index contributed by atoms with van der Waals surface area (Å²) in [6.07, 6.45) is 2.89. The van der Waals surface area contributed by atoms with Gasteiger partial charge >= 0.3 is 0 Å². The molecule has 1 aromatic rings. The van der Waals surface area contributed by atoms with Crippen molar-refractivity contribution >= 4 is 29.3 Å². The van der Waals surface area contributed by atoms with Crippen molar-refractivity contribution < 1.29 is 9.59 Å². The summed E-state index contributed by atoms with van der Waals surface area (Å²) in [4.78, 5) is 27.2. The molecule has 106 valence electrons. The lowest BCUT2D eigenvalue weighted by atomic mass is 10.2. The molecule has 1 aliphatic carbocycles. The highest BCUT2D eigenvalue weighted by molar-refractivity contribution is 8.01. The van der Waals surface area contributed by atoms with E-state index in [9.17, 15) is 9.59 Å². The maximum atomic E-state index is 12.5. The molecule has 20 heavy (non-hydrogen) atoms. The van der Waals surface area contributed by atoms with Crippen molar-refractivity contribution in [1.29, 1.82) is 0 Å². The molecule has 0 saturated heterocycles. The van der Waals surface area contributed by atoms with Crippen LogP contribution in [-0.4, -0.2) is 29.7 Å². The van der Waals surface area contributed by atoms with Gasteiger partial charge in [-0.15, -0.1) is 11.8 Å². The Bertz CT molecular complexity index is 542. The number of benzene rings is 1. The van der Waals surface area contributed by atoms with Crippen LogP contribution in [0.1, 0.15) is 26.2 Å². The molecular formula is C15H18N2O2S. The number of carbonyl (C=O) groups excluding carboxylic acids is 2. The molecule has 0 aromatic heterocycles. The van der Waals surface area contributed by atoms with Crippen LogP contribution in [0.15, 0.2) is 29.2 Å². The third kappa shape index (κ3) is 2.68. The number of hydrogen-bond acceptors (Lipinski definition) is 3. The molecule has 0 bridgehead atoms. The van der Waals surface area contributed by atoms with Crippen molar-refractivity contribution in [2.75, 3.05) is 11.4 Å². The topological polar surface area (TPSA) is 49.4 Å². The molecule has 1 atom stereocenters. The number of rotatable bonds is 4. The minimum Gasteiger partial charge on any atom is -0.352 e. The van der Waals surface area contributed by atoms with Gasteiger partial charge in [0.1, 0.15) is 6.54 Å². The first kappa shape index (κ1) is 13.5. The predicted molar refractivity (Wildman–Crippen MR) is 79.9 cm³/mol. The Morgan fingerprint density at radius 3 is 2.85 bits per heavy atom. The number of amides is 2. The SMILES string of the molecule is CCC1Sc2ccccc2N(CC(=O)NC2CC2)C1=O. The standard InChI is InChI=1S/C15H18N2O2S/c1-2-12-15(19)17(9-14(18)16-10-7-8-10)11-5-3-4-6-13(11)20-12/h3-6,10,12H,2,7-9H2,1H3,(H,16,18). The molecule has 5 heteroatoms. The first-order valence-electron chi connectivity index (χ1n) is 7.05. The molecule has 3 rings (SSSR count). The van der Waals surface area contributed by atoms with Crippen molar-refractivity contribution in [2.45, 2.75) is 42.4 Å². The number of fused-ring (bicyclic) bond motifs is 1. The lowest BCUT2D eigenvalue weighted by molar-refractivity contribution is -0.123. The molecule has 4 nitrogen and oxygen atoms in total. The van der Waals surface area contributed by atoms with Gasteiger partial charge in [-0.25, -0.2) is 0 Å². The summed E-state index contributed by atoms with van der Waals surface area (Å²) in [5, 5.41) is 2.86. The predicted octanol–water partition coefficient (Wildman–Crippen LogP) is 2.18. The fraction of sp³-hybridized carbons (Fsp3) is 0.467. The highest BCUT2D eigenvalue weighted by atomic mass is 32.2. The van der Waals surface area contributed by atoms with Crippen molar-refractivity contribution in [2.24, 2.45) is 0 Å². The smallest absolute Gasteiger partial charge is 0.240 e. The third-order valence-corrected chi connectivity index (χ3v) is 5.00. The quantitative estimate of drug-likeness (QED) is 0.924. The molecule has 0 spiro atoms. The number of nitrogens with zero attached hydrogens (tertiary/aromatic N) is 1. The molecule has 1 heterocycles. The van der Waals surface area contributed by atoms with E-state index in [4.69, 9.17) is 0 Å². The Kier molecular flexibility index (Phi) is 3.70. The Morgan fingerprint density at radius 1 is 1.40 bits per heavy atom. The number of nitrogens with one attached hydrogen (secondary N) is 1. The summed E-state index contributed by atoms with van der Waals surface area (Å²) >= 11 is 1.60. The fourth-order valence-electron chi connectivity index (χ4n) is 2.34. The largest absolute Gasteiger partial charge is 0.352 e. The zero-order valence-corrected chi connectivity index (χ0v) is 12.3. The summed E-state index contributed by atoms with van der Waals surface area (Å²) in [5.41, 5.74) is 0.859. The average molecular weight is 290 g/mol. The molecule has 1 N–H and O–H groups in total. The van der Waals surface area contributed by atoms with Crippen LogP contribution in [0.4, 0.5) is 5.69 Å². The summed E-state index contributed by atoms with van der Waals surface area (Å²) < 4.78 is 0. The van der Waals surface area contributed by atoms with Crippen LogP contribution in [0.3, 0.4) is 0 Å². The number of hydrogen-bond donors (Lipinski definition) is 1. The zero-order valence-electron chi connectivity index (χ0n) is 11.5. The van der Waals surface area contributed by atoms with Gasteiger partial charge in [0.15, 0.2) is 0 Å². The molecular weight excluding hydrogens is 272 g/mol. The molecule has 0 radical (unpaired) electrons. The highest BCUT2D eigenvalue weighted by Crippen LogP contribution is 2.39. The van der Waals surface area contributed by atoms with Gasteiger partial charge in [-0.1, -0.05) is 19.1 Å². The van der Waals surface area contributed by atoms with E-state index in [0.29, 0.717) is 6.04 Å². The molecule has 1 unspecified atom stereocenters. The number of anilines is 1. The van der Waals surface area contributed by atoms with Crippen LogP contribution in [-0.2, 0) is 9.59 Å². The number of carbonyl (C=O) groups is 2. The Hall–Kier alpha value is -1.49. The average Bonchev–Trinajstić information content (AvgIpc) is 3.25. The van der Waals surface area contributed by atoms with E-state index in [2.05, 4.69) is 5.32 Å². The summed E-state index contributed by atoms with van der Waals surface area (Å²) in [7, 11) is 0. The van der Waals surface area contributed by atoms with Gasteiger partial charge in [-0.05, 0) is 31.4 Å². The minimum atomic E-state index is -0.0846. The zero-order chi connectivity index (χ0) is 14.1. The van der Waals surface area contributed by atoms with E-state index in [1.54, 1.807) is 16.7 Å². The normalized spacial score (nSPS) is 21.6. The molecule has 1 aromatic carbocycles. The van der Waals surface area contributed by atoms with E-state index < -0.39 is 0 Å². The van der Waals surface area contributed by atoms with E-state index in [-0.39, 0.29) is 23.6 Å². The molecule has 1 saturated carbocycles. The van der Waals surface area contributed by atoms with Crippen molar-refractivity contribution in [3.63, 3.8) is 0 Å². The monoisotopic (exact) mass is 290 g/mol. The molecule has 2 amide bonds. The summed E-state index contributed by atoms with van der Waals surface area (Å²) in [5.74, 6) is -0.0143. The van der Waals surface area contributed by atoms with E-state index >= 15 is 0 Å². The maximum absolute atomic E-state index is 12.5. The fourth-order valence-corrected chi connectivity index (χ4v) is 3.50. The van der Waals surface area contributed by atoms with E-state index in [1.807, 2.05) is 31.2 Å². The highest BCUT2D eigenvalue weighted by Gasteiger charge is 2.34. The van der Waals surface area contributed by atoms with Crippen molar-refractivity contribution in [3.8, 4) is 0 Å².